The number of amides is 1. The molecule has 2 aliphatic rings. The maximum absolute atomic E-state index is 12.0. The summed E-state index contributed by atoms with van der Waals surface area (Å²) in [5, 5.41) is 3.01. The van der Waals surface area contributed by atoms with Gasteiger partial charge in [0, 0.05) is 39.3 Å². The lowest BCUT2D eigenvalue weighted by atomic mass is 10.2. The van der Waals surface area contributed by atoms with E-state index in [0.29, 0.717) is 6.10 Å². The quantitative estimate of drug-likeness (QED) is 0.763. The van der Waals surface area contributed by atoms with Gasteiger partial charge in [0.2, 0.25) is 5.91 Å². The molecule has 5 heteroatoms. The fourth-order valence-corrected chi connectivity index (χ4v) is 2.62. The van der Waals surface area contributed by atoms with Crippen molar-refractivity contribution in [3.8, 4) is 0 Å². The van der Waals surface area contributed by atoms with Crippen LogP contribution in [-0.2, 0) is 9.53 Å². The average Bonchev–Trinajstić information content (AvgIpc) is 2.91. The zero-order valence-electron chi connectivity index (χ0n) is 11.5. The second-order valence-electron chi connectivity index (χ2n) is 5.27. The Morgan fingerprint density at radius 2 is 2.11 bits per heavy atom. The molecule has 2 unspecified atom stereocenters. The van der Waals surface area contributed by atoms with E-state index in [1.807, 2.05) is 18.9 Å². The van der Waals surface area contributed by atoms with E-state index >= 15 is 0 Å². The van der Waals surface area contributed by atoms with Crippen molar-refractivity contribution < 1.29 is 9.53 Å². The predicted octanol–water partition coefficient (Wildman–Crippen LogP) is -0.0825. The fourth-order valence-electron chi connectivity index (χ4n) is 2.62. The first-order chi connectivity index (χ1) is 8.70. The number of hydrogen-bond donors (Lipinski definition) is 1. The Kier molecular flexibility index (Phi) is 4.97. The summed E-state index contributed by atoms with van der Waals surface area (Å²) in [7, 11) is 1.83. The molecule has 0 aliphatic carbocycles. The molecular weight excluding hydrogens is 230 g/mol. The molecule has 0 spiro atoms. The molecule has 2 atom stereocenters. The van der Waals surface area contributed by atoms with Gasteiger partial charge in [-0.3, -0.25) is 9.69 Å². The molecule has 1 N–H and O–H groups in total. The second-order valence-corrected chi connectivity index (χ2v) is 5.27. The molecular formula is C13H25N3O2. The third kappa shape index (κ3) is 3.43. The van der Waals surface area contributed by atoms with Gasteiger partial charge >= 0.3 is 0 Å². The van der Waals surface area contributed by atoms with Crippen molar-refractivity contribution in [1.82, 2.24) is 15.1 Å². The Labute approximate surface area is 109 Å². The van der Waals surface area contributed by atoms with E-state index < -0.39 is 0 Å². The molecule has 0 bridgehead atoms. The van der Waals surface area contributed by atoms with E-state index in [-0.39, 0.29) is 11.9 Å². The molecule has 2 fully saturated rings. The van der Waals surface area contributed by atoms with Crippen LogP contribution in [0.25, 0.3) is 0 Å². The molecule has 1 amide bonds. The highest BCUT2D eigenvalue weighted by atomic mass is 16.5. The number of likely N-dealkylation sites (N-methyl/N-ethyl adjacent to an activating group) is 1. The lowest BCUT2D eigenvalue weighted by Crippen LogP contribution is -2.53. The highest BCUT2D eigenvalue weighted by Gasteiger charge is 2.26. The van der Waals surface area contributed by atoms with Gasteiger partial charge in [-0.15, -0.1) is 0 Å². The number of carbonyl (C=O) groups excluding carboxylic acids is 1. The number of carbonyl (C=O) groups is 1. The summed E-state index contributed by atoms with van der Waals surface area (Å²) in [5.41, 5.74) is 0. The minimum Gasteiger partial charge on any atom is -0.377 e. The van der Waals surface area contributed by atoms with E-state index in [9.17, 15) is 4.79 Å². The van der Waals surface area contributed by atoms with Crippen LogP contribution in [0, 0.1) is 0 Å². The molecule has 0 radical (unpaired) electrons. The second kappa shape index (κ2) is 6.50. The number of nitrogens with one attached hydrogen (secondary N) is 1. The van der Waals surface area contributed by atoms with Crippen LogP contribution >= 0.6 is 0 Å². The first-order valence-electron chi connectivity index (χ1n) is 7.00. The molecule has 18 heavy (non-hydrogen) atoms. The van der Waals surface area contributed by atoms with Gasteiger partial charge in [-0.05, 0) is 26.8 Å². The Balaban J connectivity index is 1.72. The molecule has 0 aromatic carbocycles. The summed E-state index contributed by atoms with van der Waals surface area (Å²) >= 11 is 0. The highest BCUT2D eigenvalue weighted by molar-refractivity contribution is 5.81. The number of piperazine rings is 1. The van der Waals surface area contributed by atoms with Gasteiger partial charge in [-0.25, -0.2) is 0 Å². The van der Waals surface area contributed by atoms with Crippen LogP contribution in [-0.4, -0.2) is 74.2 Å². The van der Waals surface area contributed by atoms with E-state index in [2.05, 4.69) is 10.2 Å². The SMILES string of the molecule is CNC(C)C(=O)N1CCN(CC2CCCO2)CC1. The molecule has 2 rings (SSSR count). The predicted molar refractivity (Wildman–Crippen MR) is 70.5 cm³/mol. The van der Waals surface area contributed by atoms with E-state index in [4.69, 9.17) is 4.74 Å². The van der Waals surface area contributed by atoms with Gasteiger partial charge in [0.1, 0.15) is 0 Å². The van der Waals surface area contributed by atoms with E-state index in [1.165, 1.54) is 12.8 Å². The number of rotatable bonds is 4. The Hall–Kier alpha value is -0.650. The first kappa shape index (κ1) is 13.8. The molecule has 0 saturated carbocycles. The summed E-state index contributed by atoms with van der Waals surface area (Å²) < 4.78 is 5.65. The van der Waals surface area contributed by atoms with Gasteiger partial charge in [0.25, 0.3) is 0 Å². The molecule has 0 aromatic heterocycles. The van der Waals surface area contributed by atoms with Crippen LogP contribution < -0.4 is 5.32 Å². The lowest BCUT2D eigenvalue weighted by molar-refractivity contribution is -0.134. The fraction of sp³-hybridized carbons (Fsp3) is 0.923. The minimum absolute atomic E-state index is 0.0743. The third-order valence-corrected chi connectivity index (χ3v) is 3.97. The Morgan fingerprint density at radius 3 is 2.67 bits per heavy atom. The summed E-state index contributed by atoms with van der Waals surface area (Å²) in [6, 6.07) is -0.0743. The minimum atomic E-state index is -0.0743. The van der Waals surface area contributed by atoms with Crippen LogP contribution in [0.2, 0.25) is 0 Å². The summed E-state index contributed by atoms with van der Waals surface area (Å²) in [6.07, 6.45) is 2.81. The average molecular weight is 255 g/mol. The highest BCUT2D eigenvalue weighted by Crippen LogP contribution is 2.14. The van der Waals surface area contributed by atoms with Crippen LogP contribution in [0.1, 0.15) is 19.8 Å². The van der Waals surface area contributed by atoms with Crippen LogP contribution in [0.15, 0.2) is 0 Å². The van der Waals surface area contributed by atoms with Crippen molar-refractivity contribution in [2.75, 3.05) is 46.4 Å². The van der Waals surface area contributed by atoms with Crippen molar-refractivity contribution in [3.05, 3.63) is 0 Å². The number of ether oxygens (including phenoxy) is 1. The molecule has 104 valence electrons. The monoisotopic (exact) mass is 255 g/mol. The van der Waals surface area contributed by atoms with Crippen molar-refractivity contribution >= 4 is 5.91 Å². The molecule has 0 aromatic rings. The largest absolute Gasteiger partial charge is 0.377 e. The lowest BCUT2D eigenvalue weighted by Gasteiger charge is -2.36. The van der Waals surface area contributed by atoms with E-state index in [0.717, 1.165) is 39.3 Å². The van der Waals surface area contributed by atoms with Gasteiger partial charge in [0.05, 0.1) is 12.1 Å². The molecule has 5 nitrogen and oxygen atoms in total. The smallest absolute Gasteiger partial charge is 0.239 e. The Bertz CT molecular complexity index is 271. The third-order valence-electron chi connectivity index (χ3n) is 3.97. The van der Waals surface area contributed by atoms with Crippen molar-refractivity contribution in [2.45, 2.75) is 31.9 Å². The summed E-state index contributed by atoms with van der Waals surface area (Å²) in [5.74, 6) is 0.217. The first-order valence-corrected chi connectivity index (χ1v) is 7.00. The molecule has 2 aliphatic heterocycles. The van der Waals surface area contributed by atoms with Crippen molar-refractivity contribution in [3.63, 3.8) is 0 Å². The standard InChI is InChI=1S/C13H25N3O2/c1-11(14-2)13(17)16-7-5-15(6-8-16)10-12-4-3-9-18-12/h11-12,14H,3-10H2,1-2H3. The topological polar surface area (TPSA) is 44.8 Å². The van der Waals surface area contributed by atoms with Gasteiger partial charge in [0.15, 0.2) is 0 Å². The zero-order valence-corrected chi connectivity index (χ0v) is 11.5. The molecule has 2 saturated heterocycles. The van der Waals surface area contributed by atoms with E-state index in [1.54, 1.807) is 0 Å². The maximum Gasteiger partial charge on any atom is 0.239 e. The van der Waals surface area contributed by atoms with Crippen molar-refractivity contribution in [1.29, 1.82) is 0 Å². The number of nitrogens with zero attached hydrogens (tertiary/aromatic N) is 2. The van der Waals surface area contributed by atoms with Crippen LogP contribution in [0.4, 0.5) is 0 Å². The zero-order chi connectivity index (χ0) is 13.0. The van der Waals surface area contributed by atoms with Crippen molar-refractivity contribution in [2.24, 2.45) is 0 Å². The summed E-state index contributed by atoms with van der Waals surface area (Å²) in [6.45, 7) is 7.51. The Morgan fingerprint density at radius 1 is 1.39 bits per heavy atom. The molecule has 2 heterocycles. The number of hydrogen-bond acceptors (Lipinski definition) is 4. The maximum atomic E-state index is 12.0. The van der Waals surface area contributed by atoms with Gasteiger partial charge in [-0.2, -0.15) is 0 Å². The normalized spacial score (nSPS) is 27.4. The van der Waals surface area contributed by atoms with Gasteiger partial charge < -0.3 is 15.0 Å². The van der Waals surface area contributed by atoms with Gasteiger partial charge in [-0.1, -0.05) is 0 Å². The van der Waals surface area contributed by atoms with Crippen LogP contribution in [0.3, 0.4) is 0 Å². The van der Waals surface area contributed by atoms with Crippen LogP contribution in [0.5, 0.6) is 0 Å². The summed E-state index contributed by atoms with van der Waals surface area (Å²) in [4.78, 5) is 16.4.